The van der Waals surface area contributed by atoms with Gasteiger partial charge in [0.25, 0.3) is 0 Å². The molecule has 0 bridgehead atoms. The van der Waals surface area contributed by atoms with Gasteiger partial charge >= 0.3 is 5.97 Å². The summed E-state index contributed by atoms with van der Waals surface area (Å²) >= 11 is 0. The van der Waals surface area contributed by atoms with Gasteiger partial charge in [0.2, 0.25) is 10.0 Å². The van der Waals surface area contributed by atoms with Crippen LogP contribution in [0.2, 0.25) is 0 Å². The summed E-state index contributed by atoms with van der Waals surface area (Å²) in [6, 6.07) is 5.22. The highest BCUT2D eigenvalue weighted by atomic mass is 32.2. The lowest BCUT2D eigenvalue weighted by Crippen LogP contribution is -2.45. The number of carboxylic acids is 1. The van der Waals surface area contributed by atoms with Crippen molar-refractivity contribution in [2.75, 3.05) is 13.1 Å². The summed E-state index contributed by atoms with van der Waals surface area (Å²) in [6.07, 6.45) is 1.53. The van der Waals surface area contributed by atoms with E-state index in [1.807, 2.05) is 0 Å². The zero-order chi connectivity index (χ0) is 14.0. The molecule has 1 atom stereocenters. The Morgan fingerprint density at radius 3 is 2.79 bits per heavy atom. The number of hydrogen-bond donors (Lipinski definition) is 2. The lowest BCUT2D eigenvalue weighted by atomic mass is 10.1. The Kier molecular flexibility index (Phi) is 3.88. The van der Waals surface area contributed by atoms with E-state index < -0.39 is 16.0 Å². The minimum atomic E-state index is -3.66. The Morgan fingerprint density at radius 2 is 2.16 bits per heavy atom. The molecule has 0 aliphatic carbocycles. The molecular weight excluding hydrogens is 268 g/mol. The van der Waals surface area contributed by atoms with Crippen LogP contribution < -0.4 is 5.73 Å². The van der Waals surface area contributed by atoms with Gasteiger partial charge in [-0.25, -0.2) is 13.2 Å². The van der Waals surface area contributed by atoms with Crippen LogP contribution in [-0.4, -0.2) is 42.9 Å². The average molecular weight is 284 g/mol. The van der Waals surface area contributed by atoms with Crippen molar-refractivity contribution in [1.29, 1.82) is 0 Å². The highest BCUT2D eigenvalue weighted by Gasteiger charge is 2.29. The number of nitrogens with two attached hydrogens (primary N) is 1. The van der Waals surface area contributed by atoms with Crippen LogP contribution in [0, 0.1) is 0 Å². The molecule has 1 aromatic carbocycles. The number of carboxylic acid groups (broad SMARTS) is 1. The monoisotopic (exact) mass is 284 g/mol. The smallest absolute Gasteiger partial charge is 0.335 e. The summed E-state index contributed by atoms with van der Waals surface area (Å²) in [6.45, 7) is 0.701. The van der Waals surface area contributed by atoms with E-state index in [0.29, 0.717) is 6.54 Å². The summed E-state index contributed by atoms with van der Waals surface area (Å²) in [4.78, 5) is 10.9. The van der Waals surface area contributed by atoms with Crippen molar-refractivity contribution >= 4 is 16.0 Å². The maximum atomic E-state index is 12.4. The third kappa shape index (κ3) is 2.94. The van der Waals surface area contributed by atoms with Crippen LogP contribution in [-0.2, 0) is 10.0 Å². The standard InChI is InChI=1S/C12H16N2O4S/c13-10-4-2-6-14(8-10)19(17,18)11-5-1-3-9(7-11)12(15)16/h1,3,5,7,10H,2,4,6,8,13H2,(H,15,16). The molecule has 0 saturated carbocycles. The normalized spacial score (nSPS) is 21.2. The molecule has 7 heteroatoms. The lowest BCUT2D eigenvalue weighted by molar-refractivity contribution is 0.0696. The second-order valence-electron chi connectivity index (χ2n) is 4.60. The molecule has 0 amide bonds. The van der Waals surface area contributed by atoms with Gasteiger partial charge in [0, 0.05) is 19.1 Å². The lowest BCUT2D eigenvalue weighted by Gasteiger charge is -2.29. The van der Waals surface area contributed by atoms with Crippen LogP contribution in [0.4, 0.5) is 0 Å². The highest BCUT2D eigenvalue weighted by molar-refractivity contribution is 7.89. The van der Waals surface area contributed by atoms with Crippen LogP contribution in [0.15, 0.2) is 29.2 Å². The average Bonchev–Trinajstić information content (AvgIpc) is 2.39. The van der Waals surface area contributed by atoms with Gasteiger partial charge in [-0.3, -0.25) is 0 Å². The van der Waals surface area contributed by atoms with Crippen LogP contribution in [0.5, 0.6) is 0 Å². The number of sulfonamides is 1. The molecule has 0 aromatic heterocycles. The molecule has 1 fully saturated rings. The van der Waals surface area contributed by atoms with Crippen LogP contribution in [0.1, 0.15) is 23.2 Å². The Balaban J connectivity index is 2.33. The Hall–Kier alpha value is -1.44. The Bertz CT molecular complexity index is 585. The van der Waals surface area contributed by atoms with Gasteiger partial charge < -0.3 is 10.8 Å². The molecule has 104 valence electrons. The number of aromatic carboxylic acids is 1. The highest BCUT2D eigenvalue weighted by Crippen LogP contribution is 2.21. The Labute approximate surface area is 111 Å². The predicted octanol–water partition coefficient (Wildman–Crippen LogP) is 0.497. The van der Waals surface area contributed by atoms with E-state index >= 15 is 0 Å². The number of nitrogens with zero attached hydrogens (tertiary/aromatic N) is 1. The van der Waals surface area contributed by atoms with Crippen molar-refractivity contribution in [3.8, 4) is 0 Å². The summed E-state index contributed by atoms with van der Waals surface area (Å²) in [5, 5.41) is 8.90. The first-order chi connectivity index (χ1) is 8.91. The fraction of sp³-hybridized carbons (Fsp3) is 0.417. The zero-order valence-electron chi connectivity index (χ0n) is 10.3. The molecule has 6 nitrogen and oxygen atoms in total. The molecule has 1 heterocycles. The topological polar surface area (TPSA) is 101 Å². The van der Waals surface area contributed by atoms with E-state index in [1.165, 1.54) is 28.6 Å². The fourth-order valence-electron chi connectivity index (χ4n) is 2.13. The number of rotatable bonds is 3. The summed E-state index contributed by atoms with van der Waals surface area (Å²) in [5.74, 6) is -1.15. The third-order valence-electron chi connectivity index (χ3n) is 3.14. The largest absolute Gasteiger partial charge is 0.478 e. The van der Waals surface area contributed by atoms with Gasteiger partial charge in [-0.15, -0.1) is 0 Å². The van der Waals surface area contributed by atoms with Crippen LogP contribution >= 0.6 is 0 Å². The fourth-order valence-corrected chi connectivity index (χ4v) is 3.71. The molecule has 1 aliphatic heterocycles. The van der Waals surface area contributed by atoms with Crippen molar-refractivity contribution in [3.63, 3.8) is 0 Å². The van der Waals surface area contributed by atoms with E-state index in [-0.39, 0.29) is 23.0 Å². The number of hydrogen-bond acceptors (Lipinski definition) is 4. The maximum Gasteiger partial charge on any atom is 0.335 e. The predicted molar refractivity (Wildman–Crippen MR) is 69.4 cm³/mol. The minimum absolute atomic E-state index is 0.00139. The van der Waals surface area contributed by atoms with Crippen molar-refractivity contribution < 1.29 is 18.3 Å². The number of piperidine rings is 1. The van der Waals surface area contributed by atoms with Crippen molar-refractivity contribution in [2.45, 2.75) is 23.8 Å². The van der Waals surface area contributed by atoms with Gasteiger partial charge in [-0.05, 0) is 31.0 Å². The van der Waals surface area contributed by atoms with E-state index in [1.54, 1.807) is 0 Å². The molecular formula is C12H16N2O4S. The number of carbonyl (C=O) groups is 1. The van der Waals surface area contributed by atoms with Gasteiger partial charge in [0.15, 0.2) is 0 Å². The van der Waals surface area contributed by atoms with E-state index in [4.69, 9.17) is 10.8 Å². The molecule has 19 heavy (non-hydrogen) atoms. The first kappa shape index (κ1) is 14.0. The quantitative estimate of drug-likeness (QED) is 0.841. The van der Waals surface area contributed by atoms with Gasteiger partial charge in [0.05, 0.1) is 10.5 Å². The zero-order valence-corrected chi connectivity index (χ0v) is 11.1. The molecule has 1 saturated heterocycles. The molecule has 0 radical (unpaired) electrons. The summed E-state index contributed by atoms with van der Waals surface area (Å²) in [5.41, 5.74) is 5.74. The molecule has 3 N–H and O–H groups in total. The molecule has 1 aromatic rings. The summed E-state index contributed by atoms with van der Waals surface area (Å²) in [7, 11) is -3.66. The van der Waals surface area contributed by atoms with Crippen molar-refractivity contribution in [2.24, 2.45) is 5.73 Å². The number of benzene rings is 1. The van der Waals surface area contributed by atoms with E-state index in [0.717, 1.165) is 12.8 Å². The second kappa shape index (κ2) is 5.28. The summed E-state index contributed by atoms with van der Waals surface area (Å²) < 4.78 is 26.1. The Morgan fingerprint density at radius 1 is 1.42 bits per heavy atom. The van der Waals surface area contributed by atoms with Crippen LogP contribution in [0.25, 0.3) is 0 Å². The van der Waals surface area contributed by atoms with Gasteiger partial charge in [-0.1, -0.05) is 6.07 Å². The minimum Gasteiger partial charge on any atom is -0.478 e. The SMILES string of the molecule is NC1CCCN(S(=O)(=O)c2cccc(C(=O)O)c2)C1. The first-order valence-corrected chi connectivity index (χ1v) is 7.44. The van der Waals surface area contributed by atoms with E-state index in [2.05, 4.69) is 0 Å². The van der Waals surface area contributed by atoms with Gasteiger partial charge in [-0.2, -0.15) is 4.31 Å². The van der Waals surface area contributed by atoms with Crippen LogP contribution in [0.3, 0.4) is 0 Å². The van der Waals surface area contributed by atoms with Crippen molar-refractivity contribution in [3.05, 3.63) is 29.8 Å². The van der Waals surface area contributed by atoms with E-state index in [9.17, 15) is 13.2 Å². The molecule has 1 aliphatic rings. The molecule has 0 spiro atoms. The molecule has 2 rings (SSSR count). The van der Waals surface area contributed by atoms with Gasteiger partial charge in [0.1, 0.15) is 0 Å². The maximum absolute atomic E-state index is 12.4. The van der Waals surface area contributed by atoms with Crippen molar-refractivity contribution in [1.82, 2.24) is 4.31 Å². The second-order valence-corrected chi connectivity index (χ2v) is 6.54. The third-order valence-corrected chi connectivity index (χ3v) is 5.00. The first-order valence-electron chi connectivity index (χ1n) is 6.00. The molecule has 1 unspecified atom stereocenters.